The normalized spacial score (nSPS) is 11.0. The van der Waals surface area contributed by atoms with Crippen molar-refractivity contribution in [1.29, 1.82) is 0 Å². The Balaban J connectivity index is 1.34. The highest BCUT2D eigenvalue weighted by Crippen LogP contribution is 2.28. The SMILES string of the molecule is Cc1cc(C)cc(-c2nc3cc(NC(=S)NC(=O)C(c4ccccc4)c4ccccc4)ccc3o2)c1. The summed E-state index contributed by atoms with van der Waals surface area (Å²) in [7, 11) is 0. The van der Waals surface area contributed by atoms with E-state index in [1.165, 1.54) is 0 Å². The lowest BCUT2D eigenvalue weighted by atomic mass is 9.90. The van der Waals surface area contributed by atoms with Crippen LogP contribution < -0.4 is 10.6 Å². The van der Waals surface area contributed by atoms with Gasteiger partial charge >= 0.3 is 0 Å². The number of anilines is 1. The molecule has 1 aromatic heterocycles. The molecule has 0 bridgehead atoms. The lowest BCUT2D eigenvalue weighted by molar-refractivity contribution is -0.120. The molecule has 1 heterocycles. The number of aryl methyl sites for hydroxylation is 2. The van der Waals surface area contributed by atoms with E-state index in [1.807, 2.05) is 78.9 Å². The fraction of sp³-hybridized carbons (Fsp3) is 0.100. The number of thiocarbonyl (C=S) groups is 1. The van der Waals surface area contributed by atoms with Crippen molar-refractivity contribution in [2.75, 3.05) is 5.32 Å². The van der Waals surface area contributed by atoms with E-state index in [4.69, 9.17) is 16.6 Å². The van der Waals surface area contributed by atoms with Gasteiger partial charge in [-0.2, -0.15) is 0 Å². The van der Waals surface area contributed by atoms with E-state index in [2.05, 4.69) is 47.7 Å². The summed E-state index contributed by atoms with van der Waals surface area (Å²) in [6.45, 7) is 4.10. The predicted molar refractivity (Wildman–Crippen MR) is 148 cm³/mol. The molecule has 0 unspecified atom stereocenters. The summed E-state index contributed by atoms with van der Waals surface area (Å²) in [6, 6.07) is 31.1. The number of fused-ring (bicyclic) bond motifs is 1. The number of benzene rings is 4. The summed E-state index contributed by atoms with van der Waals surface area (Å²) in [4.78, 5) is 18.0. The van der Waals surface area contributed by atoms with Gasteiger partial charge in [-0.1, -0.05) is 77.9 Å². The van der Waals surface area contributed by atoms with E-state index in [9.17, 15) is 4.79 Å². The van der Waals surface area contributed by atoms with Crippen molar-refractivity contribution in [3.63, 3.8) is 0 Å². The highest BCUT2D eigenvalue weighted by atomic mass is 32.1. The second-order valence-corrected chi connectivity index (χ2v) is 9.18. The first-order chi connectivity index (χ1) is 17.5. The number of rotatable bonds is 5. The van der Waals surface area contributed by atoms with Crippen molar-refractivity contribution >= 4 is 40.0 Å². The van der Waals surface area contributed by atoms with Crippen LogP contribution in [0.5, 0.6) is 0 Å². The minimum absolute atomic E-state index is 0.204. The van der Waals surface area contributed by atoms with Crippen LogP contribution in [0.25, 0.3) is 22.6 Å². The first kappa shape index (κ1) is 23.5. The van der Waals surface area contributed by atoms with Gasteiger partial charge in [-0.15, -0.1) is 0 Å². The second kappa shape index (κ2) is 10.1. The molecule has 0 fully saturated rings. The largest absolute Gasteiger partial charge is 0.436 e. The van der Waals surface area contributed by atoms with Gasteiger partial charge in [0.2, 0.25) is 11.8 Å². The third-order valence-corrected chi connectivity index (χ3v) is 6.08. The zero-order valence-electron chi connectivity index (χ0n) is 20.0. The van der Waals surface area contributed by atoms with Gasteiger partial charge in [0.05, 0.1) is 5.92 Å². The van der Waals surface area contributed by atoms with Crippen molar-refractivity contribution in [3.8, 4) is 11.5 Å². The predicted octanol–water partition coefficient (Wildman–Crippen LogP) is 6.76. The minimum Gasteiger partial charge on any atom is -0.436 e. The first-order valence-electron chi connectivity index (χ1n) is 11.7. The van der Waals surface area contributed by atoms with Crippen molar-refractivity contribution in [2.24, 2.45) is 0 Å². The molecule has 5 nitrogen and oxygen atoms in total. The van der Waals surface area contributed by atoms with Crippen LogP contribution in [0.1, 0.15) is 28.2 Å². The van der Waals surface area contributed by atoms with E-state index in [-0.39, 0.29) is 11.0 Å². The van der Waals surface area contributed by atoms with E-state index < -0.39 is 5.92 Å². The molecule has 5 rings (SSSR count). The maximum Gasteiger partial charge on any atom is 0.238 e. The molecular weight excluding hydrogens is 466 g/mol. The Kier molecular flexibility index (Phi) is 6.60. The lowest BCUT2D eigenvalue weighted by Crippen LogP contribution is -2.37. The average molecular weight is 492 g/mol. The molecule has 178 valence electrons. The summed E-state index contributed by atoms with van der Waals surface area (Å²) >= 11 is 5.48. The monoisotopic (exact) mass is 491 g/mol. The molecule has 0 saturated heterocycles. The van der Waals surface area contributed by atoms with Crippen LogP contribution in [0, 0.1) is 13.8 Å². The summed E-state index contributed by atoms with van der Waals surface area (Å²) in [5.41, 5.74) is 7.13. The van der Waals surface area contributed by atoms with Crippen LogP contribution in [-0.2, 0) is 4.79 Å². The first-order valence-corrected chi connectivity index (χ1v) is 12.1. The van der Waals surface area contributed by atoms with Gasteiger partial charge in [0.15, 0.2) is 10.7 Å². The van der Waals surface area contributed by atoms with E-state index >= 15 is 0 Å². The van der Waals surface area contributed by atoms with E-state index in [0.717, 1.165) is 27.8 Å². The maximum atomic E-state index is 13.3. The molecular formula is C30H25N3O2S. The number of carbonyl (C=O) groups excluding carboxylic acids is 1. The molecule has 36 heavy (non-hydrogen) atoms. The van der Waals surface area contributed by atoms with Crippen LogP contribution in [0.2, 0.25) is 0 Å². The second-order valence-electron chi connectivity index (χ2n) is 8.78. The van der Waals surface area contributed by atoms with Crippen molar-refractivity contribution < 1.29 is 9.21 Å². The molecule has 0 spiro atoms. The molecule has 1 amide bonds. The summed E-state index contributed by atoms with van der Waals surface area (Å²) in [6.07, 6.45) is 0. The lowest BCUT2D eigenvalue weighted by Gasteiger charge is -2.18. The Labute approximate surface area is 215 Å². The Morgan fingerprint density at radius 2 is 1.44 bits per heavy atom. The smallest absolute Gasteiger partial charge is 0.238 e. The molecule has 4 aromatic carbocycles. The average Bonchev–Trinajstić information content (AvgIpc) is 3.28. The van der Waals surface area contributed by atoms with Crippen molar-refractivity contribution in [2.45, 2.75) is 19.8 Å². The molecule has 0 atom stereocenters. The molecule has 0 radical (unpaired) electrons. The third kappa shape index (κ3) is 5.19. The Bertz CT molecular complexity index is 1490. The molecule has 0 aliphatic heterocycles. The van der Waals surface area contributed by atoms with Crippen LogP contribution in [0.3, 0.4) is 0 Å². The van der Waals surface area contributed by atoms with Gasteiger partial charge in [0.1, 0.15) is 5.52 Å². The molecule has 0 aliphatic rings. The minimum atomic E-state index is -0.481. The number of nitrogens with zero attached hydrogens (tertiary/aromatic N) is 1. The number of amides is 1. The van der Waals surface area contributed by atoms with Crippen molar-refractivity contribution in [3.05, 3.63) is 119 Å². The summed E-state index contributed by atoms with van der Waals surface area (Å²) in [5.74, 6) is -0.117. The highest BCUT2D eigenvalue weighted by Gasteiger charge is 2.23. The summed E-state index contributed by atoms with van der Waals surface area (Å²) < 4.78 is 5.98. The number of oxazole rings is 1. The van der Waals surface area contributed by atoms with Crippen LogP contribution in [0.15, 0.2) is 101 Å². The molecule has 5 aromatic rings. The van der Waals surface area contributed by atoms with Gasteiger partial charge in [0, 0.05) is 11.3 Å². The maximum absolute atomic E-state index is 13.3. The quantitative estimate of drug-likeness (QED) is 0.266. The Hall–Kier alpha value is -4.29. The van der Waals surface area contributed by atoms with Crippen LogP contribution in [0.4, 0.5) is 5.69 Å². The molecule has 0 aliphatic carbocycles. The van der Waals surface area contributed by atoms with Gasteiger partial charge in [-0.3, -0.25) is 4.79 Å². The van der Waals surface area contributed by atoms with Crippen molar-refractivity contribution in [1.82, 2.24) is 10.3 Å². The topological polar surface area (TPSA) is 67.2 Å². The summed E-state index contributed by atoms with van der Waals surface area (Å²) in [5, 5.41) is 6.18. The van der Waals surface area contributed by atoms with Gasteiger partial charge < -0.3 is 15.1 Å². The zero-order chi connectivity index (χ0) is 25.1. The van der Waals surface area contributed by atoms with Gasteiger partial charge in [-0.05, 0) is 67.5 Å². The number of nitrogens with one attached hydrogen (secondary N) is 2. The Morgan fingerprint density at radius 3 is 2.06 bits per heavy atom. The van der Waals surface area contributed by atoms with Gasteiger partial charge in [-0.25, -0.2) is 4.98 Å². The van der Waals surface area contributed by atoms with Crippen LogP contribution in [-0.4, -0.2) is 16.0 Å². The molecule has 6 heteroatoms. The standard InChI is InChI=1S/C30H25N3O2S/c1-19-15-20(2)17-23(16-19)29-32-25-18-24(13-14-26(25)35-29)31-30(36)33-28(34)27(21-9-5-3-6-10-21)22-11-7-4-8-12-22/h3-18,27H,1-2H3,(H2,31,33,34,36). The van der Waals surface area contributed by atoms with E-state index in [1.54, 1.807) is 0 Å². The fourth-order valence-corrected chi connectivity index (χ4v) is 4.58. The molecule has 0 saturated carbocycles. The Morgan fingerprint density at radius 1 is 0.833 bits per heavy atom. The number of hydrogen-bond donors (Lipinski definition) is 2. The number of hydrogen-bond acceptors (Lipinski definition) is 4. The van der Waals surface area contributed by atoms with Gasteiger partial charge in [0.25, 0.3) is 0 Å². The van der Waals surface area contributed by atoms with Crippen LogP contribution >= 0.6 is 12.2 Å². The van der Waals surface area contributed by atoms with E-state index in [0.29, 0.717) is 22.7 Å². The molecule has 2 N–H and O–H groups in total. The zero-order valence-corrected chi connectivity index (χ0v) is 20.8. The fourth-order valence-electron chi connectivity index (χ4n) is 4.36. The number of aromatic nitrogens is 1. The third-order valence-electron chi connectivity index (χ3n) is 5.88. The highest BCUT2D eigenvalue weighted by molar-refractivity contribution is 7.80. The number of carbonyl (C=O) groups is 1.